The summed E-state index contributed by atoms with van der Waals surface area (Å²) in [4.78, 5) is 73.6. The van der Waals surface area contributed by atoms with Gasteiger partial charge in [-0.25, -0.2) is 22.8 Å². The van der Waals surface area contributed by atoms with E-state index in [-0.39, 0.29) is 88.6 Å². The molecule has 6 amide bonds. The first kappa shape index (κ1) is 72.4. The molecule has 101 heavy (non-hydrogen) atoms. The highest BCUT2D eigenvalue weighted by Crippen LogP contribution is 2.39. The molecule has 12 rings (SSSR count). The fourth-order valence-corrected chi connectivity index (χ4v) is 12.2. The number of hydrogen-bond donors (Lipinski definition) is 12. The Morgan fingerprint density at radius 2 is 0.762 bits per heavy atom. The Kier molecular flexibility index (Phi) is 21.8. The Morgan fingerprint density at radius 3 is 1.07 bits per heavy atom. The van der Waals surface area contributed by atoms with Crippen LogP contribution in [0.1, 0.15) is 139 Å². The van der Waals surface area contributed by atoms with Crippen LogP contribution in [0.3, 0.4) is 0 Å². The maximum atomic E-state index is 13.9. The van der Waals surface area contributed by atoms with Gasteiger partial charge in [-0.1, -0.05) is 127 Å². The fourth-order valence-electron chi connectivity index (χ4n) is 12.2. The first-order valence-electron chi connectivity index (χ1n) is 32.2. The lowest BCUT2D eigenvalue weighted by Crippen LogP contribution is -2.45. The van der Waals surface area contributed by atoms with Crippen molar-refractivity contribution in [3.63, 3.8) is 0 Å². The van der Waals surface area contributed by atoms with Crippen molar-refractivity contribution in [2.75, 3.05) is 43.4 Å². The topological polar surface area (TPSA) is 384 Å². The van der Waals surface area contributed by atoms with Gasteiger partial charge in [-0.3, -0.25) is 39.4 Å². The van der Waals surface area contributed by atoms with Crippen molar-refractivity contribution in [2.24, 2.45) is 17.2 Å². The summed E-state index contributed by atoms with van der Waals surface area (Å²) in [6.45, 7) is 6.42. The molecule has 6 heterocycles. The second-order valence-corrected chi connectivity index (χ2v) is 24.9. The van der Waals surface area contributed by atoms with Crippen molar-refractivity contribution in [1.29, 1.82) is 0 Å². The zero-order valence-electron chi connectivity index (χ0n) is 55.2. The number of carbonyl (C=O) groups excluding carboxylic acids is 6. The van der Waals surface area contributed by atoms with E-state index in [4.69, 9.17) is 34.4 Å². The molecule has 0 radical (unpaired) electrons. The zero-order chi connectivity index (χ0) is 72.7. The predicted octanol–water partition coefficient (Wildman–Crippen LogP) is 8.22. The SMILES string of the molecule is Cc1ccccc1C(=O)NCc1ccc(-c2nn(C3CCNC(F)(F)C3)c(N)c2C(N)=O)cc1.Cc1ccccc1C(=O)NCc1ccc(-c2nn(C3CNC(F)(F)C3)c(N)c2C(N)=O)cc1.Cc1ccccc1C(=O)NCc1ccc(-c2nn(C3CNCC(F)(F)C3)c(N)c2C(N)=O)cc1. The molecule has 9 aromatic rings. The normalized spacial score (nSPS) is 17.3. The largest absolute Gasteiger partial charge is 0.383 e. The summed E-state index contributed by atoms with van der Waals surface area (Å²) >= 11 is 0. The van der Waals surface area contributed by atoms with Crippen molar-refractivity contribution < 1.29 is 55.1 Å². The molecule has 3 aromatic heterocycles. The molecule has 0 bridgehead atoms. The van der Waals surface area contributed by atoms with Gasteiger partial charge in [0.1, 0.15) is 51.2 Å². The number of nitrogens with two attached hydrogens (primary N) is 6. The monoisotopic (exact) mass is 1390 g/mol. The van der Waals surface area contributed by atoms with E-state index in [2.05, 4.69) is 47.2 Å². The third-order valence-corrected chi connectivity index (χ3v) is 17.6. The molecular formula is C71H76F6N18O6. The molecule has 18 N–H and O–H groups in total. The molecule has 6 aromatic carbocycles. The smallest absolute Gasteiger partial charge is 0.304 e. The minimum atomic E-state index is -3.04. The Labute approximate surface area is 575 Å². The molecule has 3 saturated heterocycles. The number of piperidine rings is 2. The molecule has 3 aliphatic heterocycles. The van der Waals surface area contributed by atoms with Crippen LogP contribution in [0, 0.1) is 20.8 Å². The van der Waals surface area contributed by atoms with Crippen LogP contribution < -0.4 is 66.3 Å². The molecule has 3 fully saturated rings. The number of hydrogen-bond acceptors (Lipinski definition) is 15. The number of anilines is 3. The molecule has 3 unspecified atom stereocenters. The standard InChI is InChI=1S/2C24H26F2N6O2.C23H24F2N6O2/c1-14-4-2-3-5-18(14)23(34)30-11-15-6-8-16(9-7-15)20-19(22(28)33)21(27)32(31-20)17-10-24(25,26)13-29-12-17;1-14-4-2-3-5-18(14)23(34)29-13-15-6-8-16(9-7-15)20-19(22(28)33)21(27)32(31-20)17-10-11-30-24(25,26)12-17;1-13-4-2-3-5-17(13)22(33)28-11-14-6-8-15(9-7-14)19-18(21(27)32)20(26)31(30-19)16-10-23(24,25)29-12-16/h2-9,17,29H,10-13,27H2,1H3,(H2,28,33)(H,30,34);2-9,17,30H,10-13,27H2,1H3,(H2,28,33)(H,29,34);2-9,16,29H,10-12,26H2,1H3,(H2,27,32)(H,28,33). The van der Waals surface area contributed by atoms with Gasteiger partial charge in [0.15, 0.2) is 0 Å². The van der Waals surface area contributed by atoms with Crippen molar-refractivity contribution in [1.82, 2.24) is 61.2 Å². The van der Waals surface area contributed by atoms with Crippen LogP contribution in [0.4, 0.5) is 43.8 Å². The number of nitrogen functional groups attached to an aromatic ring is 3. The molecule has 3 atom stereocenters. The second-order valence-electron chi connectivity index (χ2n) is 24.9. The van der Waals surface area contributed by atoms with Gasteiger partial charge in [-0.15, -0.1) is 0 Å². The van der Waals surface area contributed by atoms with E-state index in [1.807, 2.05) is 69.3 Å². The fraction of sp³-hybridized carbons (Fsp3) is 0.282. The van der Waals surface area contributed by atoms with Crippen LogP contribution in [-0.2, 0) is 19.6 Å². The maximum absolute atomic E-state index is 13.9. The van der Waals surface area contributed by atoms with Crippen LogP contribution in [0.15, 0.2) is 146 Å². The van der Waals surface area contributed by atoms with E-state index in [9.17, 15) is 55.1 Å². The minimum absolute atomic E-state index is 0.00227. The second kappa shape index (κ2) is 30.4. The first-order valence-corrected chi connectivity index (χ1v) is 32.2. The lowest BCUT2D eigenvalue weighted by Gasteiger charge is -2.30. The highest BCUT2D eigenvalue weighted by molar-refractivity contribution is 6.05. The predicted molar refractivity (Wildman–Crippen MR) is 368 cm³/mol. The number of halogens is 6. The quantitative estimate of drug-likeness (QED) is 0.0284. The maximum Gasteiger partial charge on any atom is 0.304 e. The number of alkyl halides is 6. The zero-order valence-corrected chi connectivity index (χ0v) is 55.2. The number of benzene rings is 6. The van der Waals surface area contributed by atoms with Gasteiger partial charge in [-0.05, 0) is 78.8 Å². The highest BCUT2D eigenvalue weighted by atomic mass is 19.3. The summed E-state index contributed by atoms with van der Waals surface area (Å²) < 4.78 is 86.4. The Balaban J connectivity index is 0.000000163. The van der Waals surface area contributed by atoms with Gasteiger partial charge in [0.05, 0.1) is 24.7 Å². The number of carbonyl (C=O) groups is 6. The van der Waals surface area contributed by atoms with Crippen LogP contribution >= 0.6 is 0 Å². The third-order valence-electron chi connectivity index (χ3n) is 17.6. The Hall–Kier alpha value is -11.4. The van der Waals surface area contributed by atoms with Gasteiger partial charge in [0.2, 0.25) is 0 Å². The summed E-state index contributed by atoms with van der Waals surface area (Å²) in [5, 5.41) is 28.7. The number of nitrogens with one attached hydrogen (secondary N) is 6. The van der Waals surface area contributed by atoms with Gasteiger partial charge >= 0.3 is 12.1 Å². The third kappa shape index (κ3) is 17.0. The Morgan fingerprint density at radius 1 is 0.446 bits per heavy atom. The van der Waals surface area contributed by atoms with Crippen LogP contribution in [-0.4, -0.2) is 109 Å². The van der Waals surface area contributed by atoms with Crippen LogP contribution in [0.2, 0.25) is 0 Å². The van der Waals surface area contributed by atoms with Crippen LogP contribution in [0.25, 0.3) is 33.8 Å². The summed E-state index contributed by atoms with van der Waals surface area (Å²) in [6.07, 6.45) is -1.03. The average molecular weight is 1390 g/mol. The molecule has 24 nitrogen and oxygen atoms in total. The summed E-state index contributed by atoms with van der Waals surface area (Å²) in [5.41, 5.74) is 44.2. The Bertz CT molecular complexity index is 4370. The van der Waals surface area contributed by atoms with Gasteiger partial charge in [-0.2, -0.15) is 32.9 Å². The molecule has 528 valence electrons. The van der Waals surface area contributed by atoms with Gasteiger partial charge < -0.3 is 55.7 Å². The van der Waals surface area contributed by atoms with E-state index in [0.29, 0.717) is 59.4 Å². The summed E-state index contributed by atoms with van der Waals surface area (Å²) in [6, 6.07) is 34.8. The number of primary amides is 3. The van der Waals surface area contributed by atoms with Crippen molar-refractivity contribution in [3.05, 3.63) is 212 Å². The number of nitrogens with zero attached hydrogens (tertiary/aromatic N) is 6. The lowest BCUT2D eigenvalue weighted by atomic mass is 10.0. The lowest BCUT2D eigenvalue weighted by molar-refractivity contribution is -0.0726. The summed E-state index contributed by atoms with van der Waals surface area (Å²) in [5.74, 6) is -5.91. The van der Waals surface area contributed by atoms with Crippen LogP contribution in [0.5, 0.6) is 0 Å². The highest BCUT2D eigenvalue weighted by Gasteiger charge is 2.43. The molecular weight excluding hydrogens is 1310 g/mol. The van der Waals surface area contributed by atoms with Crippen molar-refractivity contribution in [2.45, 2.75) is 102 Å². The molecule has 0 saturated carbocycles. The van der Waals surface area contributed by atoms with Crippen molar-refractivity contribution >= 4 is 52.9 Å². The molecule has 0 spiro atoms. The number of aromatic nitrogens is 6. The average Bonchev–Trinajstić information content (AvgIpc) is 1.64. The van der Waals surface area contributed by atoms with Gasteiger partial charge in [0.25, 0.3) is 41.4 Å². The minimum Gasteiger partial charge on any atom is -0.383 e. The van der Waals surface area contributed by atoms with Gasteiger partial charge in [0, 0.05) is 91.9 Å². The first-order chi connectivity index (χ1) is 48.0. The van der Waals surface area contributed by atoms with E-state index in [0.717, 1.165) is 33.4 Å². The number of aryl methyl sites for hydroxylation is 3. The number of amides is 6. The summed E-state index contributed by atoms with van der Waals surface area (Å²) in [7, 11) is 0. The van der Waals surface area contributed by atoms with Crippen molar-refractivity contribution in [3.8, 4) is 33.8 Å². The molecule has 30 heteroatoms. The van der Waals surface area contributed by atoms with E-state index in [1.165, 1.54) is 14.0 Å². The molecule has 3 aliphatic rings. The van der Waals surface area contributed by atoms with E-state index in [1.54, 1.807) is 97.1 Å². The molecule has 0 aliphatic carbocycles. The van der Waals surface area contributed by atoms with E-state index >= 15 is 0 Å². The van der Waals surface area contributed by atoms with E-state index < -0.39 is 79.7 Å². The number of rotatable bonds is 18.